The highest BCUT2D eigenvalue weighted by atomic mass is 16.2. The van der Waals surface area contributed by atoms with Gasteiger partial charge < -0.3 is 16.0 Å². The predicted molar refractivity (Wildman–Crippen MR) is 74.3 cm³/mol. The topological polar surface area (TPSA) is 75.4 Å². The molecule has 1 rings (SSSR count). The molecule has 0 heterocycles. The van der Waals surface area contributed by atoms with Crippen molar-refractivity contribution in [3.05, 3.63) is 35.9 Å². The summed E-state index contributed by atoms with van der Waals surface area (Å²) >= 11 is 0. The van der Waals surface area contributed by atoms with Crippen molar-refractivity contribution in [3.63, 3.8) is 0 Å². The quantitative estimate of drug-likeness (QED) is 0.741. The first-order valence-corrected chi connectivity index (χ1v) is 6.30. The average molecular weight is 263 g/mol. The first-order chi connectivity index (χ1) is 9.02. The van der Waals surface area contributed by atoms with Crippen molar-refractivity contribution in [1.82, 2.24) is 10.2 Å². The summed E-state index contributed by atoms with van der Waals surface area (Å²) in [7, 11) is 3.43. The van der Waals surface area contributed by atoms with Gasteiger partial charge in [-0.05, 0) is 12.0 Å². The molecule has 19 heavy (non-hydrogen) atoms. The van der Waals surface area contributed by atoms with Gasteiger partial charge in [0.15, 0.2) is 0 Å². The lowest BCUT2D eigenvalue weighted by Crippen LogP contribution is -2.35. The number of rotatable bonds is 6. The largest absolute Gasteiger partial charge is 0.354 e. The van der Waals surface area contributed by atoms with Crippen molar-refractivity contribution in [2.75, 3.05) is 20.6 Å². The minimum atomic E-state index is -0.661. The number of nitrogens with two attached hydrogens (primary N) is 1. The SMILES string of the molecule is CN(C)C(=O)CCCNC(=O)C(N)c1ccccc1. The molecule has 0 aromatic heterocycles. The van der Waals surface area contributed by atoms with E-state index in [4.69, 9.17) is 5.73 Å². The van der Waals surface area contributed by atoms with Gasteiger partial charge in [0, 0.05) is 27.1 Å². The second kappa shape index (κ2) is 7.53. The monoisotopic (exact) mass is 263 g/mol. The third-order valence-electron chi connectivity index (χ3n) is 2.81. The van der Waals surface area contributed by atoms with Crippen molar-refractivity contribution < 1.29 is 9.59 Å². The van der Waals surface area contributed by atoms with Gasteiger partial charge in [-0.3, -0.25) is 9.59 Å². The first-order valence-electron chi connectivity index (χ1n) is 6.30. The van der Waals surface area contributed by atoms with Crippen LogP contribution in [0.15, 0.2) is 30.3 Å². The molecule has 5 nitrogen and oxygen atoms in total. The minimum absolute atomic E-state index is 0.0570. The Morgan fingerprint density at radius 3 is 2.47 bits per heavy atom. The minimum Gasteiger partial charge on any atom is -0.354 e. The molecular formula is C14H21N3O2. The van der Waals surface area contributed by atoms with E-state index < -0.39 is 6.04 Å². The molecule has 104 valence electrons. The molecule has 0 aliphatic rings. The van der Waals surface area contributed by atoms with Crippen molar-refractivity contribution in [2.24, 2.45) is 5.73 Å². The lowest BCUT2D eigenvalue weighted by molar-refractivity contribution is -0.129. The van der Waals surface area contributed by atoms with Gasteiger partial charge in [-0.25, -0.2) is 0 Å². The molecule has 0 bridgehead atoms. The van der Waals surface area contributed by atoms with Crippen LogP contribution in [-0.2, 0) is 9.59 Å². The second-order valence-electron chi connectivity index (χ2n) is 4.57. The van der Waals surface area contributed by atoms with Gasteiger partial charge in [-0.2, -0.15) is 0 Å². The third-order valence-corrected chi connectivity index (χ3v) is 2.81. The number of carbonyl (C=O) groups excluding carboxylic acids is 2. The number of nitrogens with zero attached hydrogens (tertiary/aromatic N) is 1. The van der Waals surface area contributed by atoms with Gasteiger partial charge in [0.1, 0.15) is 6.04 Å². The zero-order valence-electron chi connectivity index (χ0n) is 11.4. The highest BCUT2D eigenvalue weighted by molar-refractivity contribution is 5.83. The summed E-state index contributed by atoms with van der Waals surface area (Å²) in [6.07, 6.45) is 1.04. The highest BCUT2D eigenvalue weighted by Gasteiger charge is 2.14. The summed E-state index contributed by atoms with van der Waals surface area (Å²) in [4.78, 5) is 24.7. The normalized spacial score (nSPS) is 11.7. The fraction of sp³-hybridized carbons (Fsp3) is 0.429. The molecule has 0 aliphatic carbocycles. The van der Waals surface area contributed by atoms with E-state index in [2.05, 4.69) is 5.32 Å². The molecule has 1 unspecified atom stereocenters. The maximum absolute atomic E-state index is 11.8. The maximum atomic E-state index is 11.8. The zero-order chi connectivity index (χ0) is 14.3. The van der Waals surface area contributed by atoms with Gasteiger partial charge in [0.25, 0.3) is 0 Å². The summed E-state index contributed by atoms with van der Waals surface area (Å²) in [6.45, 7) is 0.457. The molecule has 0 fully saturated rings. The molecule has 0 aliphatic heterocycles. The lowest BCUT2D eigenvalue weighted by Gasteiger charge is -2.13. The smallest absolute Gasteiger partial charge is 0.241 e. The van der Waals surface area contributed by atoms with Crippen LogP contribution in [0.4, 0.5) is 0 Å². The number of carbonyl (C=O) groups is 2. The molecule has 0 radical (unpaired) electrons. The average Bonchev–Trinajstić information content (AvgIpc) is 2.43. The van der Waals surface area contributed by atoms with Crippen molar-refractivity contribution in [1.29, 1.82) is 0 Å². The predicted octanol–water partition coefficient (Wildman–Crippen LogP) is 0.671. The lowest BCUT2D eigenvalue weighted by atomic mass is 10.1. The van der Waals surface area contributed by atoms with E-state index in [0.29, 0.717) is 19.4 Å². The molecule has 5 heteroatoms. The zero-order valence-corrected chi connectivity index (χ0v) is 11.4. The van der Waals surface area contributed by atoms with Crippen LogP contribution in [0.25, 0.3) is 0 Å². The Bertz CT molecular complexity index is 418. The van der Waals surface area contributed by atoms with Gasteiger partial charge >= 0.3 is 0 Å². The van der Waals surface area contributed by atoms with Crippen molar-refractivity contribution >= 4 is 11.8 Å². The van der Waals surface area contributed by atoms with Gasteiger partial charge in [-0.1, -0.05) is 30.3 Å². The molecule has 2 amide bonds. The standard InChI is InChI=1S/C14H21N3O2/c1-17(2)12(18)9-6-10-16-14(19)13(15)11-7-4-3-5-8-11/h3-5,7-8,13H,6,9-10,15H2,1-2H3,(H,16,19). The van der Waals surface area contributed by atoms with Gasteiger partial charge in [-0.15, -0.1) is 0 Å². The molecule has 1 atom stereocenters. The van der Waals surface area contributed by atoms with Crippen LogP contribution >= 0.6 is 0 Å². The summed E-state index contributed by atoms with van der Waals surface area (Å²) < 4.78 is 0. The first kappa shape index (κ1) is 15.2. The van der Waals surface area contributed by atoms with Gasteiger partial charge in [0.2, 0.25) is 11.8 Å². The maximum Gasteiger partial charge on any atom is 0.241 e. The van der Waals surface area contributed by atoms with Crippen LogP contribution in [-0.4, -0.2) is 37.4 Å². The Labute approximate surface area is 113 Å². The summed E-state index contributed by atoms with van der Waals surface area (Å²) in [6, 6.07) is 8.54. The number of amides is 2. The van der Waals surface area contributed by atoms with E-state index in [1.807, 2.05) is 30.3 Å². The Hall–Kier alpha value is -1.88. The molecule has 0 spiro atoms. The third kappa shape index (κ3) is 5.09. The van der Waals surface area contributed by atoms with Crippen molar-refractivity contribution in [3.8, 4) is 0 Å². The van der Waals surface area contributed by atoms with Crippen LogP contribution < -0.4 is 11.1 Å². The van der Waals surface area contributed by atoms with E-state index >= 15 is 0 Å². The Morgan fingerprint density at radius 2 is 1.89 bits per heavy atom. The highest BCUT2D eigenvalue weighted by Crippen LogP contribution is 2.09. The van der Waals surface area contributed by atoms with E-state index in [-0.39, 0.29) is 11.8 Å². The molecule has 0 saturated heterocycles. The van der Waals surface area contributed by atoms with Crippen LogP contribution in [0, 0.1) is 0 Å². The number of hydrogen-bond acceptors (Lipinski definition) is 3. The summed E-state index contributed by atoms with van der Waals surface area (Å²) in [5.74, 6) is -0.162. The van der Waals surface area contributed by atoms with E-state index in [1.54, 1.807) is 14.1 Å². The van der Waals surface area contributed by atoms with Crippen LogP contribution in [0.5, 0.6) is 0 Å². The number of nitrogens with one attached hydrogen (secondary N) is 1. The van der Waals surface area contributed by atoms with Crippen LogP contribution in [0.2, 0.25) is 0 Å². The van der Waals surface area contributed by atoms with Gasteiger partial charge in [0.05, 0.1) is 0 Å². The van der Waals surface area contributed by atoms with E-state index in [9.17, 15) is 9.59 Å². The fourth-order valence-electron chi connectivity index (χ4n) is 1.60. The Morgan fingerprint density at radius 1 is 1.26 bits per heavy atom. The molecule has 3 N–H and O–H groups in total. The Balaban J connectivity index is 2.30. The van der Waals surface area contributed by atoms with E-state index in [1.165, 1.54) is 4.90 Å². The second-order valence-corrected chi connectivity index (χ2v) is 4.57. The Kier molecular flexibility index (Phi) is 6.02. The summed E-state index contributed by atoms with van der Waals surface area (Å²) in [5.41, 5.74) is 6.62. The summed E-state index contributed by atoms with van der Waals surface area (Å²) in [5, 5.41) is 2.74. The molecule has 1 aromatic carbocycles. The molecule has 1 aromatic rings. The van der Waals surface area contributed by atoms with E-state index in [0.717, 1.165) is 5.56 Å². The molecular weight excluding hydrogens is 242 g/mol. The fourth-order valence-corrected chi connectivity index (χ4v) is 1.60. The number of benzene rings is 1. The molecule has 0 saturated carbocycles. The van der Waals surface area contributed by atoms with Crippen LogP contribution in [0.1, 0.15) is 24.4 Å². The number of hydrogen-bond donors (Lipinski definition) is 2. The van der Waals surface area contributed by atoms with Crippen LogP contribution in [0.3, 0.4) is 0 Å². The van der Waals surface area contributed by atoms with Crippen molar-refractivity contribution in [2.45, 2.75) is 18.9 Å².